The van der Waals surface area contributed by atoms with Crippen LogP contribution in [0.4, 0.5) is 0 Å². The van der Waals surface area contributed by atoms with Crippen LogP contribution in [0, 0.1) is 0 Å². The average molecular weight is 599 g/mol. The molecule has 0 aromatic rings. The number of aliphatic hydroxyl groups excluding tert-OH is 1. The molecule has 1 atom stereocenters. The highest BCUT2D eigenvalue weighted by atomic mass is 16.6. The van der Waals surface area contributed by atoms with Gasteiger partial charge >= 0.3 is 11.9 Å². The van der Waals surface area contributed by atoms with Crippen molar-refractivity contribution in [1.82, 2.24) is 0 Å². The van der Waals surface area contributed by atoms with E-state index in [9.17, 15) is 14.7 Å². The van der Waals surface area contributed by atoms with Crippen molar-refractivity contribution in [2.75, 3.05) is 13.2 Å². The first kappa shape index (κ1) is 40.3. The second-order valence-electron chi connectivity index (χ2n) is 10.9. The number of hydrogen-bond acceptors (Lipinski definition) is 5. The van der Waals surface area contributed by atoms with Gasteiger partial charge in [0.2, 0.25) is 0 Å². The van der Waals surface area contributed by atoms with Crippen LogP contribution in [0.2, 0.25) is 0 Å². The summed E-state index contributed by atoms with van der Waals surface area (Å²) in [7, 11) is 0. The van der Waals surface area contributed by atoms with E-state index in [1.807, 2.05) is 6.08 Å². The van der Waals surface area contributed by atoms with Gasteiger partial charge in [0.25, 0.3) is 0 Å². The van der Waals surface area contributed by atoms with Crippen molar-refractivity contribution in [2.24, 2.45) is 0 Å². The normalized spacial score (nSPS) is 13.1. The minimum absolute atomic E-state index is 0.113. The first-order valence-corrected chi connectivity index (χ1v) is 17.0. The van der Waals surface area contributed by atoms with E-state index in [4.69, 9.17) is 9.47 Å². The molecule has 0 aliphatic heterocycles. The molecule has 0 aromatic carbocycles. The maximum absolute atomic E-state index is 12.0. The molecule has 0 aliphatic carbocycles. The molecule has 1 N–H and O–H groups in total. The lowest BCUT2D eigenvalue weighted by Crippen LogP contribution is -2.28. The van der Waals surface area contributed by atoms with Crippen LogP contribution >= 0.6 is 0 Å². The van der Waals surface area contributed by atoms with E-state index in [1.165, 1.54) is 51.4 Å². The molecule has 0 rings (SSSR count). The van der Waals surface area contributed by atoms with E-state index in [1.54, 1.807) is 6.08 Å². The molecule has 0 radical (unpaired) electrons. The second-order valence-corrected chi connectivity index (χ2v) is 10.9. The maximum atomic E-state index is 12.0. The van der Waals surface area contributed by atoms with Gasteiger partial charge in [-0.15, -0.1) is 0 Å². The third kappa shape index (κ3) is 32.1. The number of aliphatic hydroxyl groups is 1. The molecule has 0 heterocycles. The van der Waals surface area contributed by atoms with Gasteiger partial charge in [0.15, 0.2) is 6.10 Å². The van der Waals surface area contributed by atoms with Crippen molar-refractivity contribution in [3.05, 3.63) is 72.9 Å². The molecule has 0 aromatic heterocycles. The van der Waals surface area contributed by atoms with Crippen LogP contribution in [0.1, 0.15) is 136 Å². The lowest BCUT2D eigenvalue weighted by molar-refractivity contribution is -0.160. The van der Waals surface area contributed by atoms with Crippen LogP contribution in [0.15, 0.2) is 72.9 Å². The molecule has 0 amide bonds. The molecular weight excluding hydrogens is 536 g/mol. The van der Waals surface area contributed by atoms with Gasteiger partial charge < -0.3 is 14.6 Å². The minimum atomic E-state index is -0.830. The summed E-state index contributed by atoms with van der Waals surface area (Å²) in [4.78, 5) is 24.1. The summed E-state index contributed by atoms with van der Waals surface area (Å²) in [6.07, 6.45) is 44.0. The molecular formula is C38H62O5. The van der Waals surface area contributed by atoms with Gasteiger partial charge in [-0.3, -0.25) is 9.59 Å². The zero-order valence-corrected chi connectivity index (χ0v) is 27.4. The van der Waals surface area contributed by atoms with E-state index in [0.29, 0.717) is 6.42 Å². The summed E-state index contributed by atoms with van der Waals surface area (Å²) in [5.74, 6) is -0.757. The lowest BCUT2D eigenvalue weighted by atomic mass is 10.1. The first-order valence-electron chi connectivity index (χ1n) is 17.0. The van der Waals surface area contributed by atoms with E-state index in [2.05, 4.69) is 74.6 Å². The third-order valence-corrected chi connectivity index (χ3v) is 6.77. The van der Waals surface area contributed by atoms with Gasteiger partial charge in [-0.1, -0.05) is 132 Å². The number of allylic oxidation sites excluding steroid dienone is 11. The number of hydrogen-bond donors (Lipinski definition) is 1. The molecule has 244 valence electrons. The van der Waals surface area contributed by atoms with Crippen LogP contribution in [0.5, 0.6) is 0 Å². The Labute approximate surface area is 263 Å². The summed E-state index contributed by atoms with van der Waals surface area (Å²) >= 11 is 0. The molecule has 0 bridgehead atoms. The van der Waals surface area contributed by atoms with Gasteiger partial charge in [0, 0.05) is 6.42 Å². The lowest BCUT2D eigenvalue weighted by Gasteiger charge is -2.15. The quantitative estimate of drug-likeness (QED) is 0.0527. The van der Waals surface area contributed by atoms with Gasteiger partial charge in [-0.05, 0) is 64.2 Å². The van der Waals surface area contributed by atoms with E-state index < -0.39 is 12.1 Å². The standard InChI is InChI=1S/C38H62O5/c1-3-5-7-9-11-13-15-17-19-21-23-25-27-29-31-33-38(41)43-36(34-39)35-42-37(40)32-30-28-26-24-22-20-18-16-14-12-10-8-6-4-2/h5,7,11,13,16-19,23,25,29,31,36,39H,3-4,6,8-10,12,14-15,20-22,24,26-28,30,32-35H2,1-2H3/b7-5-,13-11-,18-16-,19-17-,25-23-,31-29-. The van der Waals surface area contributed by atoms with Gasteiger partial charge in [0.05, 0.1) is 13.0 Å². The molecule has 0 saturated carbocycles. The topological polar surface area (TPSA) is 72.8 Å². The van der Waals surface area contributed by atoms with Crippen LogP contribution in [-0.2, 0) is 19.1 Å². The molecule has 5 nitrogen and oxygen atoms in total. The molecule has 0 aliphatic rings. The third-order valence-electron chi connectivity index (χ3n) is 6.77. The van der Waals surface area contributed by atoms with Crippen LogP contribution in [0.25, 0.3) is 0 Å². The van der Waals surface area contributed by atoms with Crippen molar-refractivity contribution in [3.8, 4) is 0 Å². The summed E-state index contributed by atoms with van der Waals surface area (Å²) in [5, 5.41) is 9.49. The number of esters is 2. The summed E-state index contributed by atoms with van der Waals surface area (Å²) in [5.41, 5.74) is 0. The molecule has 43 heavy (non-hydrogen) atoms. The van der Waals surface area contributed by atoms with Crippen LogP contribution < -0.4 is 0 Å². The highest BCUT2D eigenvalue weighted by Crippen LogP contribution is 2.10. The smallest absolute Gasteiger partial charge is 0.310 e. The Hall–Kier alpha value is -2.66. The fourth-order valence-corrected chi connectivity index (χ4v) is 4.21. The minimum Gasteiger partial charge on any atom is -0.462 e. The summed E-state index contributed by atoms with van der Waals surface area (Å²) in [6.45, 7) is 3.89. The molecule has 5 heteroatoms. The number of carbonyl (C=O) groups excluding carboxylic acids is 2. The number of rotatable bonds is 29. The Balaban J connectivity index is 3.77. The second kappa shape index (κ2) is 33.8. The monoisotopic (exact) mass is 598 g/mol. The maximum Gasteiger partial charge on any atom is 0.310 e. The average Bonchev–Trinajstić information content (AvgIpc) is 3.01. The predicted octanol–water partition coefficient (Wildman–Crippen LogP) is 10.2. The zero-order valence-electron chi connectivity index (χ0n) is 27.4. The largest absolute Gasteiger partial charge is 0.462 e. The number of carbonyl (C=O) groups is 2. The molecule has 0 fully saturated rings. The van der Waals surface area contributed by atoms with Crippen molar-refractivity contribution in [2.45, 2.75) is 142 Å². The Morgan fingerprint density at radius 3 is 1.60 bits per heavy atom. The van der Waals surface area contributed by atoms with E-state index >= 15 is 0 Å². The molecule has 1 unspecified atom stereocenters. The Bertz CT molecular complexity index is 818. The van der Waals surface area contributed by atoms with Gasteiger partial charge in [-0.25, -0.2) is 0 Å². The molecule has 0 spiro atoms. The predicted molar refractivity (Wildman–Crippen MR) is 182 cm³/mol. The van der Waals surface area contributed by atoms with Crippen molar-refractivity contribution in [3.63, 3.8) is 0 Å². The van der Waals surface area contributed by atoms with Crippen LogP contribution in [-0.4, -0.2) is 36.4 Å². The van der Waals surface area contributed by atoms with Crippen molar-refractivity contribution < 1.29 is 24.2 Å². The van der Waals surface area contributed by atoms with Gasteiger partial charge in [-0.2, -0.15) is 0 Å². The highest BCUT2D eigenvalue weighted by molar-refractivity contribution is 5.71. The highest BCUT2D eigenvalue weighted by Gasteiger charge is 2.15. The van der Waals surface area contributed by atoms with Gasteiger partial charge in [0.1, 0.15) is 6.61 Å². The zero-order chi connectivity index (χ0) is 31.5. The number of ether oxygens (including phenoxy) is 2. The summed E-state index contributed by atoms with van der Waals surface area (Å²) < 4.78 is 10.5. The Morgan fingerprint density at radius 1 is 0.581 bits per heavy atom. The first-order chi connectivity index (χ1) is 21.1. The van der Waals surface area contributed by atoms with Crippen LogP contribution in [0.3, 0.4) is 0 Å². The Morgan fingerprint density at radius 2 is 1.07 bits per heavy atom. The van der Waals surface area contributed by atoms with E-state index in [-0.39, 0.29) is 25.6 Å². The number of unbranched alkanes of at least 4 members (excludes halogenated alkanes) is 10. The SMILES string of the molecule is CC/C=C\C/C=C\C/C=C\C/C=C\C/C=C\CC(=O)OC(CO)COC(=O)CCCCCCC/C=C\CCCCCCC. The Kier molecular flexibility index (Phi) is 31.7. The summed E-state index contributed by atoms with van der Waals surface area (Å²) in [6, 6.07) is 0. The van der Waals surface area contributed by atoms with Crippen molar-refractivity contribution in [1.29, 1.82) is 0 Å². The molecule has 0 saturated heterocycles. The van der Waals surface area contributed by atoms with E-state index in [0.717, 1.165) is 57.8 Å². The fourth-order valence-electron chi connectivity index (χ4n) is 4.21. The fraction of sp³-hybridized carbons (Fsp3) is 0.632. The van der Waals surface area contributed by atoms with Crippen molar-refractivity contribution >= 4 is 11.9 Å².